The van der Waals surface area contributed by atoms with E-state index >= 15 is 0 Å². The van der Waals surface area contributed by atoms with Gasteiger partial charge in [0.25, 0.3) is 0 Å². The molecular weight excluding hydrogens is 330 g/mol. The molecule has 2 aromatic carbocycles. The summed E-state index contributed by atoms with van der Waals surface area (Å²) in [6, 6.07) is 14.3. The highest BCUT2D eigenvalue weighted by atomic mass is 79.9. The molecule has 3 nitrogen and oxygen atoms in total. The molecule has 110 valence electrons. The number of fused-ring (bicyclic) bond motifs is 1. The van der Waals surface area contributed by atoms with Gasteiger partial charge in [-0.3, -0.25) is 0 Å². The average Bonchev–Trinajstić information content (AvgIpc) is 2.48. The number of ether oxygens (including phenoxy) is 2. The summed E-state index contributed by atoms with van der Waals surface area (Å²) in [6.07, 6.45) is 0.769. The molecule has 0 radical (unpaired) electrons. The van der Waals surface area contributed by atoms with E-state index in [0.29, 0.717) is 6.61 Å². The van der Waals surface area contributed by atoms with Gasteiger partial charge >= 0.3 is 0 Å². The zero-order chi connectivity index (χ0) is 14.8. The Morgan fingerprint density at radius 1 is 1.29 bits per heavy atom. The van der Waals surface area contributed by atoms with E-state index in [4.69, 9.17) is 15.2 Å². The van der Waals surface area contributed by atoms with Gasteiger partial charge in [0.1, 0.15) is 11.9 Å². The fourth-order valence-corrected chi connectivity index (χ4v) is 3.11. The van der Waals surface area contributed by atoms with E-state index in [0.717, 1.165) is 33.3 Å². The summed E-state index contributed by atoms with van der Waals surface area (Å²) in [4.78, 5) is 0. The van der Waals surface area contributed by atoms with E-state index in [9.17, 15) is 0 Å². The molecule has 0 saturated heterocycles. The maximum Gasteiger partial charge on any atom is 0.126 e. The molecule has 2 atom stereocenters. The lowest BCUT2D eigenvalue weighted by molar-refractivity contribution is 0.160. The van der Waals surface area contributed by atoms with Crippen LogP contribution in [0, 0.1) is 0 Å². The molecule has 2 aromatic rings. The van der Waals surface area contributed by atoms with Crippen molar-refractivity contribution in [1.29, 1.82) is 0 Å². The number of rotatable bonds is 3. The van der Waals surface area contributed by atoms with Crippen molar-refractivity contribution >= 4 is 15.9 Å². The van der Waals surface area contributed by atoms with E-state index in [1.165, 1.54) is 0 Å². The van der Waals surface area contributed by atoms with Gasteiger partial charge in [-0.25, -0.2) is 0 Å². The van der Waals surface area contributed by atoms with Gasteiger partial charge in [-0.2, -0.15) is 0 Å². The van der Waals surface area contributed by atoms with Crippen LogP contribution in [0.2, 0.25) is 0 Å². The molecule has 1 aliphatic rings. The molecule has 0 saturated carbocycles. The lowest BCUT2D eigenvalue weighted by Gasteiger charge is -2.31. The fourth-order valence-electron chi connectivity index (χ4n) is 2.73. The van der Waals surface area contributed by atoms with Crippen LogP contribution >= 0.6 is 15.9 Å². The Kier molecular flexibility index (Phi) is 4.29. The highest BCUT2D eigenvalue weighted by Gasteiger charge is 2.27. The molecule has 0 bridgehead atoms. The number of nitrogens with two attached hydrogens (primary N) is 1. The molecule has 0 spiro atoms. The molecular formula is C17H18BrNO2. The first-order chi connectivity index (χ1) is 10.2. The second kappa shape index (κ2) is 6.18. The van der Waals surface area contributed by atoms with Gasteiger partial charge in [0.2, 0.25) is 0 Å². The van der Waals surface area contributed by atoms with E-state index in [1.807, 2.05) is 24.3 Å². The molecule has 0 fully saturated rings. The number of benzene rings is 2. The van der Waals surface area contributed by atoms with Crippen molar-refractivity contribution in [3.8, 4) is 5.75 Å². The smallest absolute Gasteiger partial charge is 0.126 e. The van der Waals surface area contributed by atoms with Gasteiger partial charge in [0.05, 0.1) is 6.61 Å². The van der Waals surface area contributed by atoms with Crippen LogP contribution < -0.4 is 10.5 Å². The van der Waals surface area contributed by atoms with E-state index < -0.39 is 0 Å². The third-order valence-electron chi connectivity index (χ3n) is 3.74. The summed E-state index contributed by atoms with van der Waals surface area (Å²) in [5.74, 6) is 0.874. The van der Waals surface area contributed by atoms with Crippen molar-refractivity contribution in [1.82, 2.24) is 0 Å². The maximum atomic E-state index is 6.31. The topological polar surface area (TPSA) is 44.5 Å². The molecule has 0 amide bonds. The third-order valence-corrected chi connectivity index (χ3v) is 4.24. The minimum absolute atomic E-state index is 0.00881. The highest BCUT2D eigenvalue weighted by Crippen LogP contribution is 2.40. The second-order valence-electron chi connectivity index (χ2n) is 5.31. The minimum Gasteiger partial charge on any atom is -0.485 e. The average molecular weight is 348 g/mol. The standard InChI is InChI=1S/C17H18BrNO2/c1-20-10-11-3-2-4-12(7-11)17-9-15(19)14-8-13(18)5-6-16(14)21-17/h2-8,15,17H,9-10,19H2,1H3/t15-,17?/m1/s1. The Balaban J connectivity index is 1.88. The summed E-state index contributed by atoms with van der Waals surface area (Å²) in [6.45, 7) is 0.607. The molecule has 1 aliphatic heterocycles. The van der Waals surface area contributed by atoms with Crippen molar-refractivity contribution in [3.63, 3.8) is 0 Å². The summed E-state index contributed by atoms with van der Waals surface area (Å²) < 4.78 is 12.4. The van der Waals surface area contributed by atoms with Crippen LogP contribution in [0.1, 0.15) is 35.3 Å². The van der Waals surface area contributed by atoms with Crippen molar-refractivity contribution in [2.45, 2.75) is 25.2 Å². The largest absolute Gasteiger partial charge is 0.485 e. The zero-order valence-electron chi connectivity index (χ0n) is 11.9. The van der Waals surface area contributed by atoms with Crippen molar-refractivity contribution in [3.05, 3.63) is 63.6 Å². The molecule has 4 heteroatoms. The Morgan fingerprint density at radius 2 is 2.14 bits per heavy atom. The Hall–Kier alpha value is -1.36. The van der Waals surface area contributed by atoms with Crippen LogP contribution in [0.5, 0.6) is 5.75 Å². The number of halogens is 1. The van der Waals surface area contributed by atoms with Gasteiger partial charge in [-0.1, -0.05) is 34.1 Å². The first-order valence-corrected chi connectivity index (χ1v) is 7.76. The Morgan fingerprint density at radius 3 is 2.95 bits per heavy atom. The van der Waals surface area contributed by atoms with Gasteiger partial charge in [0.15, 0.2) is 0 Å². The van der Waals surface area contributed by atoms with Gasteiger partial charge in [-0.15, -0.1) is 0 Å². The number of hydrogen-bond donors (Lipinski definition) is 1. The summed E-state index contributed by atoms with van der Waals surface area (Å²) in [7, 11) is 1.70. The van der Waals surface area contributed by atoms with Crippen molar-refractivity contribution in [2.75, 3.05) is 7.11 Å². The SMILES string of the molecule is COCc1cccc(C2C[C@@H](N)c3cc(Br)ccc3O2)c1. The van der Waals surface area contributed by atoms with Crippen LogP contribution in [-0.2, 0) is 11.3 Å². The molecule has 21 heavy (non-hydrogen) atoms. The molecule has 1 heterocycles. The molecule has 1 unspecified atom stereocenters. The van der Waals surface area contributed by atoms with Gasteiger partial charge < -0.3 is 15.2 Å². The van der Waals surface area contributed by atoms with Crippen LogP contribution in [0.15, 0.2) is 46.9 Å². The van der Waals surface area contributed by atoms with Crippen molar-refractivity contribution < 1.29 is 9.47 Å². The van der Waals surface area contributed by atoms with Crippen molar-refractivity contribution in [2.24, 2.45) is 5.73 Å². The van der Waals surface area contributed by atoms with Gasteiger partial charge in [-0.05, 0) is 35.4 Å². The van der Waals surface area contributed by atoms with Crippen LogP contribution in [0.4, 0.5) is 0 Å². The van der Waals surface area contributed by atoms with Gasteiger partial charge in [0, 0.05) is 29.6 Å². The second-order valence-corrected chi connectivity index (χ2v) is 6.22. The highest BCUT2D eigenvalue weighted by molar-refractivity contribution is 9.10. The molecule has 0 aliphatic carbocycles. The minimum atomic E-state index is -0.0117. The third kappa shape index (κ3) is 3.12. The molecule has 3 rings (SSSR count). The maximum absolute atomic E-state index is 6.31. The predicted molar refractivity (Wildman–Crippen MR) is 86.2 cm³/mol. The lowest BCUT2D eigenvalue weighted by atomic mass is 9.93. The van der Waals surface area contributed by atoms with Crippen LogP contribution in [-0.4, -0.2) is 7.11 Å². The lowest BCUT2D eigenvalue weighted by Crippen LogP contribution is -2.24. The summed E-state index contributed by atoms with van der Waals surface area (Å²) in [5.41, 5.74) is 9.67. The quantitative estimate of drug-likeness (QED) is 0.908. The number of methoxy groups -OCH3 is 1. The first-order valence-electron chi connectivity index (χ1n) is 6.97. The fraction of sp³-hybridized carbons (Fsp3) is 0.294. The monoisotopic (exact) mass is 347 g/mol. The normalized spacial score (nSPS) is 20.7. The Bertz CT molecular complexity index is 644. The van der Waals surface area contributed by atoms with Crippen LogP contribution in [0.3, 0.4) is 0 Å². The van der Waals surface area contributed by atoms with E-state index in [2.05, 4.69) is 34.1 Å². The summed E-state index contributed by atoms with van der Waals surface area (Å²) >= 11 is 3.48. The Labute approximate surface area is 133 Å². The van der Waals surface area contributed by atoms with E-state index in [1.54, 1.807) is 7.11 Å². The van der Waals surface area contributed by atoms with E-state index in [-0.39, 0.29) is 12.1 Å². The number of hydrogen-bond acceptors (Lipinski definition) is 3. The molecule has 0 aromatic heterocycles. The molecule has 2 N–H and O–H groups in total. The van der Waals surface area contributed by atoms with Crippen LogP contribution in [0.25, 0.3) is 0 Å². The predicted octanol–water partition coefficient (Wildman–Crippen LogP) is 4.12. The zero-order valence-corrected chi connectivity index (χ0v) is 13.5. The summed E-state index contributed by atoms with van der Waals surface area (Å²) in [5, 5.41) is 0. The first kappa shape index (κ1) is 14.6.